The van der Waals surface area contributed by atoms with Crippen LogP contribution in [0.2, 0.25) is 0 Å². The van der Waals surface area contributed by atoms with E-state index in [0.717, 1.165) is 0 Å². The average Bonchev–Trinajstić information content (AvgIpc) is 0.592. The molecule has 0 rings (SSSR count). The van der Waals surface area contributed by atoms with Gasteiger partial charge in [-0.1, -0.05) is 0 Å². The van der Waals surface area contributed by atoms with Crippen molar-refractivity contribution in [1.29, 1.82) is 0 Å². The Morgan fingerprint density at radius 1 is 0.750 bits per heavy atom. The largest absolute Gasteiger partial charge is 1.00 e. The first-order valence-corrected chi connectivity index (χ1v) is 3.04. The third kappa shape index (κ3) is 525. The van der Waals surface area contributed by atoms with Crippen LogP contribution in [-0.4, -0.2) is 0 Å². The third-order valence-corrected chi connectivity index (χ3v) is 0. The van der Waals surface area contributed by atoms with Crippen molar-refractivity contribution >= 4 is 7.81 Å². The molecule has 0 N–H and O–H groups in total. The molecule has 0 saturated heterocycles. The van der Waals surface area contributed by atoms with E-state index in [1.54, 1.807) is 0 Å². The minimum atomic E-state index is -10.7. The Bertz CT molecular complexity index is 71.6. The first-order chi connectivity index (χ1) is 2.45. The summed E-state index contributed by atoms with van der Waals surface area (Å²) in [5, 5.41) is 0. The van der Waals surface area contributed by atoms with E-state index in [1.165, 1.54) is 0 Å². The molecule has 0 aromatic rings. The van der Waals surface area contributed by atoms with Crippen LogP contribution in [0.5, 0.6) is 0 Å². The molecule has 8 heteroatoms. The Hall–Kier alpha value is 0.633. The third-order valence-electron chi connectivity index (χ3n) is 0. The second-order valence-electron chi connectivity index (χ2n) is 0.958. The van der Waals surface area contributed by atoms with Crippen LogP contribution in [0.25, 0.3) is 0 Å². The van der Waals surface area contributed by atoms with Crippen LogP contribution in [0.1, 0.15) is 1.43 Å². The van der Waals surface area contributed by atoms with E-state index in [2.05, 4.69) is 0 Å². The van der Waals surface area contributed by atoms with Gasteiger partial charge >= 0.3 is 34.4 Å². The molecule has 0 nitrogen and oxygen atoms in total. The van der Waals surface area contributed by atoms with Crippen LogP contribution >= 0.6 is 7.81 Å². The Labute approximate surface area is 54.7 Å². The van der Waals surface area contributed by atoms with Crippen molar-refractivity contribution in [2.24, 2.45) is 0 Å². The second-order valence-corrected chi connectivity index (χ2v) is 2.87. The average molecular weight is 211 g/mol. The van der Waals surface area contributed by atoms with Crippen molar-refractivity contribution in [2.75, 3.05) is 0 Å². The van der Waals surface area contributed by atoms with Crippen LogP contribution in [0, 0.1) is 0 Å². The fraction of sp³-hybridized carbons (Fsp3) is 0. The topological polar surface area (TPSA) is 0 Å². The summed E-state index contributed by atoms with van der Waals surface area (Å²) in [7, 11) is -10.7. The van der Waals surface area contributed by atoms with Gasteiger partial charge in [-0.3, -0.25) is 0 Å². The van der Waals surface area contributed by atoms with E-state index in [1.807, 2.05) is 0 Å². The van der Waals surface area contributed by atoms with Crippen LogP contribution in [-0.2, 0) is 19.5 Å². The standard InChI is InChI=1S/F6P.Zn/c1-7(2,3,4,5)6;/q-1;/p+1. The maximum absolute atomic E-state index is 10.7. The smallest absolute Gasteiger partial charge is 0 e. The van der Waals surface area contributed by atoms with Gasteiger partial charge in [-0.2, -0.15) is 0 Å². The minimum Gasteiger partial charge on any atom is 0 e. The molecule has 0 aliphatic rings. The van der Waals surface area contributed by atoms with E-state index in [0.29, 0.717) is 0 Å². The Kier molecular flexibility index (Phi) is 1.96. The first kappa shape index (κ1) is 11.4. The first-order valence-electron chi connectivity index (χ1n) is 1.01. The number of hydrogen-bond acceptors (Lipinski definition) is 0. The second kappa shape index (κ2) is 1.37. The van der Waals surface area contributed by atoms with Gasteiger partial charge in [0.2, 0.25) is 0 Å². The van der Waals surface area contributed by atoms with Gasteiger partial charge in [0.1, 0.15) is 0 Å². The predicted octanol–water partition coefficient (Wildman–Crippen LogP) is 3.49. The van der Waals surface area contributed by atoms with Gasteiger partial charge in [0.05, 0.1) is 0 Å². The van der Waals surface area contributed by atoms with E-state index < -0.39 is 7.81 Å². The molecule has 0 bridgehead atoms. The normalized spacial score (nSPS) is 20.2. The molecule has 0 heterocycles. The summed E-state index contributed by atoms with van der Waals surface area (Å²) in [6, 6.07) is 0. The summed E-state index contributed by atoms with van der Waals surface area (Å²) in [5.41, 5.74) is 0. The van der Waals surface area contributed by atoms with Crippen molar-refractivity contribution in [3.05, 3.63) is 0 Å². The summed E-state index contributed by atoms with van der Waals surface area (Å²) in [4.78, 5) is 0. The molecule has 8 heavy (non-hydrogen) atoms. The minimum absolute atomic E-state index is 0. The van der Waals surface area contributed by atoms with Gasteiger partial charge in [-0.25, -0.2) is 0 Å². The van der Waals surface area contributed by atoms with Crippen LogP contribution < -0.4 is 0 Å². The van der Waals surface area contributed by atoms with Gasteiger partial charge in [-0.05, 0) is 0 Å². The monoisotopic (exact) mass is 210 g/mol. The molecule has 0 spiro atoms. The fourth-order valence-corrected chi connectivity index (χ4v) is 0. The molecule has 0 atom stereocenters. The van der Waals surface area contributed by atoms with Crippen LogP contribution in [0.3, 0.4) is 0 Å². The molecule has 50 valence electrons. The summed E-state index contributed by atoms with van der Waals surface area (Å²) in [5.74, 6) is 0. The maximum atomic E-state index is 9.87. The fourth-order valence-electron chi connectivity index (χ4n) is 0. The van der Waals surface area contributed by atoms with E-state index in [9.17, 15) is 25.2 Å². The summed E-state index contributed by atoms with van der Waals surface area (Å²) >= 11 is 0. The maximum Gasteiger partial charge on any atom is 1.00 e. The van der Waals surface area contributed by atoms with Crippen LogP contribution in [0.15, 0.2) is 0 Å². The molecular weight excluding hydrogens is 210 g/mol. The number of hydrogen-bond donors (Lipinski definition) is 0. The number of halogens is 6. The van der Waals surface area contributed by atoms with Gasteiger partial charge in [0.25, 0.3) is 0 Å². The van der Waals surface area contributed by atoms with E-state index in [4.69, 9.17) is 0 Å². The molecule has 0 aromatic heterocycles. The zero-order valence-corrected chi connectivity index (χ0v) is 7.28. The quantitative estimate of drug-likeness (QED) is 0.327. The van der Waals surface area contributed by atoms with Crippen molar-refractivity contribution in [1.82, 2.24) is 0 Å². The predicted molar refractivity (Wildman–Crippen MR) is 14.7 cm³/mol. The van der Waals surface area contributed by atoms with E-state index in [-0.39, 0.29) is 20.9 Å². The SMILES string of the molecule is F[P-](F)(F)(F)(F)F.[H+].[Zn]. The Balaban J connectivity index is -0.000000180. The molecular formula is HF6PZn. The van der Waals surface area contributed by atoms with E-state index >= 15 is 0 Å². The number of rotatable bonds is 0. The Morgan fingerprint density at radius 2 is 0.750 bits per heavy atom. The zero-order valence-electron chi connectivity index (χ0n) is 4.42. The molecule has 0 unspecified atom stereocenters. The molecule has 0 saturated carbocycles. The molecule has 0 radical (unpaired) electrons. The van der Waals surface area contributed by atoms with Crippen molar-refractivity contribution in [2.45, 2.75) is 0 Å². The molecule has 0 fully saturated rings. The molecule has 0 aromatic carbocycles. The summed E-state index contributed by atoms with van der Waals surface area (Å²) in [6.07, 6.45) is 0. The molecule has 0 amide bonds. The molecule has 0 aliphatic carbocycles. The van der Waals surface area contributed by atoms with Crippen molar-refractivity contribution < 1.29 is 46.1 Å². The van der Waals surface area contributed by atoms with Crippen molar-refractivity contribution in [3.63, 3.8) is 0 Å². The summed E-state index contributed by atoms with van der Waals surface area (Å²) < 4.78 is 59.2. The zero-order chi connectivity index (χ0) is 6.41. The van der Waals surface area contributed by atoms with Crippen molar-refractivity contribution in [3.8, 4) is 0 Å². The van der Waals surface area contributed by atoms with Gasteiger partial charge in [-0.15, -0.1) is 0 Å². The van der Waals surface area contributed by atoms with Gasteiger partial charge in [0, 0.05) is 19.5 Å². The van der Waals surface area contributed by atoms with Gasteiger partial charge < -0.3 is 0 Å². The van der Waals surface area contributed by atoms with Gasteiger partial charge in [0.15, 0.2) is 0 Å². The van der Waals surface area contributed by atoms with Crippen LogP contribution in [0.4, 0.5) is 25.2 Å². The summed E-state index contributed by atoms with van der Waals surface area (Å²) in [6.45, 7) is 0. The molecule has 0 aliphatic heterocycles. The Morgan fingerprint density at radius 3 is 0.750 bits per heavy atom.